The van der Waals surface area contributed by atoms with Gasteiger partial charge in [0.15, 0.2) is 0 Å². The minimum atomic E-state index is -0.948. The fourth-order valence-corrected chi connectivity index (χ4v) is 1.83. The highest BCUT2D eigenvalue weighted by Crippen LogP contribution is 2.28. The van der Waals surface area contributed by atoms with Crippen molar-refractivity contribution < 1.29 is 15.0 Å². The number of carboxylic acids is 1. The van der Waals surface area contributed by atoms with Gasteiger partial charge in [-0.2, -0.15) is 0 Å². The Hall–Kier alpha value is -1.35. The molecular weight excluding hydrogens is 204 g/mol. The van der Waals surface area contributed by atoms with Crippen LogP contribution in [0, 0.1) is 19.8 Å². The monoisotopic (exact) mass is 222 g/mol. The summed E-state index contributed by atoms with van der Waals surface area (Å²) >= 11 is 0. The van der Waals surface area contributed by atoms with E-state index in [2.05, 4.69) is 0 Å². The van der Waals surface area contributed by atoms with Crippen molar-refractivity contribution in [2.75, 3.05) is 0 Å². The fraction of sp³-hybridized carbons (Fsp3) is 0.462. The average Bonchev–Trinajstić information content (AvgIpc) is 2.22. The average molecular weight is 222 g/mol. The van der Waals surface area contributed by atoms with Crippen LogP contribution in [-0.2, 0) is 4.79 Å². The molecule has 1 aromatic carbocycles. The molecular formula is C13H18O3. The third-order valence-electron chi connectivity index (χ3n) is 2.89. The van der Waals surface area contributed by atoms with Gasteiger partial charge in [0.2, 0.25) is 0 Å². The summed E-state index contributed by atoms with van der Waals surface area (Å²) in [7, 11) is 0. The first kappa shape index (κ1) is 12.7. The molecule has 0 aliphatic rings. The standard InChI is InChI=1S/C13H18O3/c1-4-10(13(15)16)12(14)11-7-8(2)5-6-9(11)3/h5-7,10,12,14H,4H2,1-3H3,(H,15,16). The highest BCUT2D eigenvalue weighted by atomic mass is 16.4. The van der Waals surface area contributed by atoms with Crippen LogP contribution in [-0.4, -0.2) is 16.2 Å². The number of rotatable bonds is 4. The van der Waals surface area contributed by atoms with Gasteiger partial charge in [0.25, 0.3) is 0 Å². The number of benzene rings is 1. The fourth-order valence-electron chi connectivity index (χ4n) is 1.83. The van der Waals surface area contributed by atoms with Crippen molar-refractivity contribution in [3.05, 3.63) is 34.9 Å². The van der Waals surface area contributed by atoms with Gasteiger partial charge in [-0.05, 0) is 31.4 Å². The summed E-state index contributed by atoms with van der Waals surface area (Å²) in [5.41, 5.74) is 2.67. The molecule has 0 spiro atoms. The molecule has 3 heteroatoms. The molecule has 1 aromatic rings. The molecule has 2 atom stereocenters. The zero-order chi connectivity index (χ0) is 12.3. The molecule has 0 saturated heterocycles. The predicted molar refractivity (Wildman–Crippen MR) is 62.3 cm³/mol. The van der Waals surface area contributed by atoms with Crippen molar-refractivity contribution >= 4 is 5.97 Å². The molecule has 0 fully saturated rings. The summed E-state index contributed by atoms with van der Waals surface area (Å²) in [5.74, 6) is -1.68. The van der Waals surface area contributed by atoms with E-state index in [4.69, 9.17) is 5.11 Å². The van der Waals surface area contributed by atoms with Crippen molar-refractivity contribution in [3.63, 3.8) is 0 Å². The van der Waals surface area contributed by atoms with E-state index >= 15 is 0 Å². The van der Waals surface area contributed by atoms with Gasteiger partial charge in [0.05, 0.1) is 12.0 Å². The van der Waals surface area contributed by atoms with Crippen LogP contribution in [0.25, 0.3) is 0 Å². The number of aliphatic hydroxyl groups excluding tert-OH is 1. The van der Waals surface area contributed by atoms with Crippen LogP contribution >= 0.6 is 0 Å². The Balaban J connectivity index is 3.07. The lowest BCUT2D eigenvalue weighted by Gasteiger charge is -2.20. The second-order valence-electron chi connectivity index (χ2n) is 4.16. The van der Waals surface area contributed by atoms with Crippen LogP contribution in [0.3, 0.4) is 0 Å². The largest absolute Gasteiger partial charge is 0.481 e. The molecule has 88 valence electrons. The van der Waals surface area contributed by atoms with Gasteiger partial charge in [-0.25, -0.2) is 0 Å². The third kappa shape index (κ3) is 2.61. The van der Waals surface area contributed by atoms with Gasteiger partial charge in [-0.1, -0.05) is 30.7 Å². The zero-order valence-corrected chi connectivity index (χ0v) is 9.90. The van der Waals surface area contributed by atoms with E-state index in [9.17, 15) is 9.90 Å². The highest BCUT2D eigenvalue weighted by Gasteiger charge is 2.26. The Morgan fingerprint density at radius 1 is 1.38 bits per heavy atom. The first-order valence-corrected chi connectivity index (χ1v) is 5.45. The molecule has 0 aliphatic heterocycles. The van der Waals surface area contributed by atoms with E-state index in [0.717, 1.165) is 11.1 Å². The molecule has 3 nitrogen and oxygen atoms in total. The molecule has 0 amide bonds. The number of aryl methyl sites for hydroxylation is 2. The van der Waals surface area contributed by atoms with Crippen molar-refractivity contribution in [2.45, 2.75) is 33.3 Å². The van der Waals surface area contributed by atoms with Gasteiger partial charge in [-0.15, -0.1) is 0 Å². The third-order valence-corrected chi connectivity index (χ3v) is 2.89. The number of carbonyl (C=O) groups is 1. The first-order chi connectivity index (χ1) is 7.47. The maximum Gasteiger partial charge on any atom is 0.309 e. The smallest absolute Gasteiger partial charge is 0.309 e. The number of carboxylic acid groups (broad SMARTS) is 1. The number of hydrogen-bond acceptors (Lipinski definition) is 2. The SMILES string of the molecule is CCC(C(=O)O)C(O)c1cc(C)ccc1C. The maximum absolute atomic E-state index is 11.0. The van der Waals surface area contributed by atoms with Crippen LogP contribution in [0.4, 0.5) is 0 Å². The van der Waals surface area contributed by atoms with Crippen molar-refractivity contribution in [1.82, 2.24) is 0 Å². The molecule has 0 saturated carbocycles. The number of aliphatic carboxylic acids is 1. The summed E-state index contributed by atoms with van der Waals surface area (Å²) in [5, 5.41) is 19.1. The minimum absolute atomic E-state index is 0.421. The summed E-state index contributed by atoms with van der Waals surface area (Å²) in [6.07, 6.45) is -0.508. The lowest BCUT2D eigenvalue weighted by Crippen LogP contribution is -2.21. The van der Waals surface area contributed by atoms with E-state index in [1.165, 1.54) is 0 Å². The summed E-state index contributed by atoms with van der Waals surface area (Å²) in [6, 6.07) is 5.71. The Labute approximate surface area is 95.7 Å². The first-order valence-electron chi connectivity index (χ1n) is 5.45. The van der Waals surface area contributed by atoms with Gasteiger partial charge in [-0.3, -0.25) is 4.79 Å². The second kappa shape index (κ2) is 5.12. The summed E-state index contributed by atoms with van der Waals surface area (Å²) < 4.78 is 0. The lowest BCUT2D eigenvalue weighted by molar-refractivity contribution is -0.146. The van der Waals surface area contributed by atoms with E-state index in [-0.39, 0.29) is 0 Å². The number of hydrogen-bond donors (Lipinski definition) is 2. The Morgan fingerprint density at radius 2 is 2.00 bits per heavy atom. The van der Waals surface area contributed by atoms with E-state index in [1.54, 1.807) is 6.92 Å². The van der Waals surface area contributed by atoms with Crippen LogP contribution in [0.15, 0.2) is 18.2 Å². The molecule has 2 N–H and O–H groups in total. The van der Waals surface area contributed by atoms with Gasteiger partial charge in [0.1, 0.15) is 0 Å². The normalized spacial score (nSPS) is 14.5. The van der Waals surface area contributed by atoms with Crippen LogP contribution < -0.4 is 0 Å². The second-order valence-corrected chi connectivity index (χ2v) is 4.16. The highest BCUT2D eigenvalue weighted by molar-refractivity contribution is 5.71. The lowest BCUT2D eigenvalue weighted by atomic mass is 9.90. The Bertz CT molecular complexity index is 385. The molecule has 0 heterocycles. The maximum atomic E-state index is 11.0. The van der Waals surface area contributed by atoms with Gasteiger partial charge < -0.3 is 10.2 Å². The van der Waals surface area contributed by atoms with Crippen LogP contribution in [0.5, 0.6) is 0 Å². The van der Waals surface area contributed by atoms with Gasteiger partial charge >= 0.3 is 5.97 Å². The van der Waals surface area contributed by atoms with E-state index < -0.39 is 18.0 Å². The van der Waals surface area contributed by atoms with Crippen LogP contribution in [0.2, 0.25) is 0 Å². The van der Waals surface area contributed by atoms with E-state index in [0.29, 0.717) is 12.0 Å². The molecule has 1 rings (SSSR count). The molecule has 0 radical (unpaired) electrons. The van der Waals surface area contributed by atoms with Crippen LogP contribution in [0.1, 0.15) is 36.1 Å². The van der Waals surface area contributed by atoms with Crippen molar-refractivity contribution in [2.24, 2.45) is 5.92 Å². The van der Waals surface area contributed by atoms with Crippen molar-refractivity contribution in [1.29, 1.82) is 0 Å². The minimum Gasteiger partial charge on any atom is -0.481 e. The Morgan fingerprint density at radius 3 is 2.50 bits per heavy atom. The quantitative estimate of drug-likeness (QED) is 0.822. The molecule has 2 unspecified atom stereocenters. The number of aliphatic hydroxyl groups is 1. The molecule has 16 heavy (non-hydrogen) atoms. The Kier molecular flexibility index (Phi) is 4.07. The topological polar surface area (TPSA) is 57.5 Å². The van der Waals surface area contributed by atoms with Crippen molar-refractivity contribution in [3.8, 4) is 0 Å². The molecule has 0 aromatic heterocycles. The predicted octanol–water partition coefficient (Wildman–Crippen LogP) is 2.45. The van der Waals surface area contributed by atoms with E-state index in [1.807, 2.05) is 32.0 Å². The van der Waals surface area contributed by atoms with Gasteiger partial charge in [0, 0.05) is 0 Å². The zero-order valence-electron chi connectivity index (χ0n) is 9.90. The molecule has 0 bridgehead atoms. The summed E-state index contributed by atoms with van der Waals surface area (Å²) in [4.78, 5) is 11.0. The summed E-state index contributed by atoms with van der Waals surface area (Å²) in [6.45, 7) is 5.58. The molecule has 0 aliphatic carbocycles.